The van der Waals surface area contributed by atoms with E-state index < -0.39 is 0 Å². The average Bonchev–Trinajstić information content (AvgIpc) is 2.64. The first-order valence-electron chi connectivity index (χ1n) is 7.62. The summed E-state index contributed by atoms with van der Waals surface area (Å²) in [5.74, 6) is 6.35. The van der Waals surface area contributed by atoms with Gasteiger partial charge in [0, 0.05) is 28.5 Å². The van der Waals surface area contributed by atoms with Gasteiger partial charge in [0.25, 0.3) is 0 Å². The molecule has 4 nitrogen and oxygen atoms in total. The molecule has 2 aromatic rings. The summed E-state index contributed by atoms with van der Waals surface area (Å²) in [7, 11) is 0. The van der Waals surface area contributed by atoms with Crippen molar-refractivity contribution in [3.8, 4) is 0 Å². The molecule has 4 N–H and O–H groups in total. The van der Waals surface area contributed by atoms with E-state index in [0.717, 1.165) is 34.2 Å². The molecule has 0 spiro atoms. The van der Waals surface area contributed by atoms with Gasteiger partial charge in [-0.15, -0.1) is 0 Å². The number of fused-ring (bicyclic) bond motifs is 1. The summed E-state index contributed by atoms with van der Waals surface area (Å²) in [4.78, 5) is 2.26. The van der Waals surface area contributed by atoms with Crippen molar-refractivity contribution < 1.29 is 0 Å². The van der Waals surface area contributed by atoms with Gasteiger partial charge in [0.15, 0.2) is 0 Å². The molecule has 0 saturated carbocycles. The van der Waals surface area contributed by atoms with Crippen LogP contribution in [0.4, 0.5) is 11.4 Å². The van der Waals surface area contributed by atoms with Crippen LogP contribution in [0.25, 0.3) is 5.70 Å². The summed E-state index contributed by atoms with van der Waals surface area (Å²) in [6, 6.07) is 16.1. The normalized spacial score (nSPS) is 20.1. The Balaban J connectivity index is 2.20. The number of anilines is 2. The summed E-state index contributed by atoms with van der Waals surface area (Å²) < 4.78 is 0. The topological polar surface area (TPSA) is 58.5 Å². The second kappa shape index (κ2) is 6.14. The summed E-state index contributed by atoms with van der Waals surface area (Å²) in [6.07, 6.45) is 0. The fraction of sp³-hybridized carbons (Fsp3) is 0.222. The highest BCUT2D eigenvalue weighted by molar-refractivity contribution is 6.30. The molecule has 0 amide bonds. The number of hydrogen-bond donors (Lipinski definition) is 2. The molecular formula is C18H21ClN4. The van der Waals surface area contributed by atoms with Gasteiger partial charge in [-0.25, -0.2) is 5.84 Å². The Kier molecular flexibility index (Phi) is 4.20. The van der Waals surface area contributed by atoms with E-state index in [0.29, 0.717) is 5.70 Å². The van der Waals surface area contributed by atoms with Crippen molar-refractivity contribution in [1.82, 2.24) is 5.01 Å². The van der Waals surface area contributed by atoms with Gasteiger partial charge >= 0.3 is 0 Å². The molecule has 0 aliphatic carbocycles. The van der Waals surface area contributed by atoms with Crippen molar-refractivity contribution in [2.45, 2.75) is 19.9 Å². The number of nitrogens with zero attached hydrogens (tertiary/aromatic N) is 2. The predicted molar refractivity (Wildman–Crippen MR) is 97.2 cm³/mol. The van der Waals surface area contributed by atoms with Crippen LogP contribution in [0.2, 0.25) is 5.02 Å². The van der Waals surface area contributed by atoms with Gasteiger partial charge in [-0.05, 0) is 44.2 Å². The third kappa shape index (κ3) is 2.87. The van der Waals surface area contributed by atoms with Crippen LogP contribution in [-0.2, 0) is 0 Å². The number of nitrogens with two attached hydrogens (primary N) is 2. The first-order chi connectivity index (χ1) is 11.0. The molecule has 1 aliphatic heterocycles. The molecule has 0 aromatic heterocycles. The number of benzene rings is 2. The Hall–Kier alpha value is -2.17. The van der Waals surface area contributed by atoms with Gasteiger partial charge < -0.3 is 15.6 Å². The number of hydrogen-bond acceptors (Lipinski definition) is 4. The predicted octanol–water partition coefficient (Wildman–Crippen LogP) is 3.70. The second-order valence-electron chi connectivity index (χ2n) is 5.89. The van der Waals surface area contributed by atoms with Gasteiger partial charge in [-0.3, -0.25) is 0 Å². The fourth-order valence-corrected chi connectivity index (χ4v) is 3.13. The van der Waals surface area contributed by atoms with Crippen molar-refractivity contribution >= 4 is 28.7 Å². The van der Waals surface area contributed by atoms with Crippen molar-refractivity contribution in [1.29, 1.82) is 0 Å². The van der Waals surface area contributed by atoms with Gasteiger partial charge in [0.05, 0.1) is 17.4 Å². The standard InChI is InChI=1S/C18H21ClN4/c1-12-11-22(15-9-7-14(19)8-10-15)17-6-4-3-5-16(17)18(13(2)20)23(12)21/h3-10,12H,11,20-21H2,1-2H3/b18-13-. The Labute approximate surface area is 141 Å². The summed E-state index contributed by atoms with van der Waals surface area (Å²) >= 11 is 6.03. The molecule has 5 heteroatoms. The van der Waals surface area contributed by atoms with E-state index >= 15 is 0 Å². The zero-order valence-corrected chi connectivity index (χ0v) is 14.1. The zero-order chi connectivity index (χ0) is 16.6. The first kappa shape index (κ1) is 15.7. The molecule has 1 unspecified atom stereocenters. The summed E-state index contributed by atoms with van der Waals surface area (Å²) in [5, 5.41) is 2.49. The van der Waals surface area contributed by atoms with Crippen LogP contribution < -0.4 is 16.5 Å². The van der Waals surface area contributed by atoms with Crippen molar-refractivity contribution in [2.75, 3.05) is 11.4 Å². The zero-order valence-electron chi connectivity index (χ0n) is 13.3. The molecule has 1 aliphatic rings. The van der Waals surface area contributed by atoms with Crippen LogP contribution in [0, 0.1) is 0 Å². The third-order valence-electron chi connectivity index (χ3n) is 4.14. The Morgan fingerprint density at radius 3 is 2.43 bits per heavy atom. The molecule has 0 fully saturated rings. The molecule has 0 radical (unpaired) electrons. The SMILES string of the molecule is C/C(N)=C1\c2ccccc2N(c2ccc(Cl)cc2)CC(C)N1N. The minimum Gasteiger partial charge on any atom is -0.401 e. The van der Waals surface area contributed by atoms with E-state index in [-0.39, 0.29) is 6.04 Å². The van der Waals surface area contributed by atoms with Crippen LogP contribution in [0.1, 0.15) is 19.4 Å². The Bertz CT molecular complexity index is 735. The minimum atomic E-state index is 0.103. The van der Waals surface area contributed by atoms with Crippen LogP contribution >= 0.6 is 11.6 Å². The molecule has 120 valence electrons. The third-order valence-corrected chi connectivity index (χ3v) is 4.39. The van der Waals surface area contributed by atoms with Gasteiger partial charge in [0.2, 0.25) is 0 Å². The van der Waals surface area contributed by atoms with E-state index in [1.807, 2.05) is 43.3 Å². The fourth-order valence-electron chi connectivity index (χ4n) is 3.00. The van der Waals surface area contributed by atoms with Crippen LogP contribution in [0.15, 0.2) is 54.2 Å². The first-order valence-corrected chi connectivity index (χ1v) is 7.99. The summed E-state index contributed by atoms with van der Waals surface area (Å²) in [5.41, 5.74) is 10.9. The smallest absolute Gasteiger partial charge is 0.0798 e. The molecule has 1 heterocycles. The van der Waals surface area contributed by atoms with E-state index in [1.165, 1.54) is 0 Å². The maximum Gasteiger partial charge on any atom is 0.0798 e. The molecule has 2 aromatic carbocycles. The lowest BCUT2D eigenvalue weighted by Crippen LogP contribution is -2.42. The van der Waals surface area contributed by atoms with Crippen LogP contribution in [0.5, 0.6) is 0 Å². The largest absolute Gasteiger partial charge is 0.401 e. The minimum absolute atomic E-state index is 0.103. The maximum absolute atomic E-state index is 6.35. The van der Waals surface area contributed by atoms with E-state index in [2.05, 4.69) is 24.0 Å². The maximum atomic E-state index is 6.35. The lowest BCUT2D eigenvalue weighted by molar-refractivity contribution is 0.330. The van der Waals surface area contributed by atoms with Crippen molar-refractivity contribution in [2.24, 2.45) is 11.6 Å². The van der Waals surface area contributed by atoms with E-state index in [4.69, 9.17) is 23.2 Å². The highest BCUT2D eigenvalue weighted by Crippen LogP contribution is 2.38. The van der Waals surface area contributed by atoms with Crippen LogP contribution in [-0.4, -0.2) is 17.6 Å². The number of allylic oxidation sites excluding steroid dienone is 1. The Morgan fingerprint density at radius 2 is 1.78 bits per heavy atom. The molecule has 23 heavy (non-hydrogen) atoms. The van der Waals surface area contributed by atoms with E-state index in [9.17, 15) is 0 Å². The highest BCUT2D eigenvalue weighted by Gasteiger charge is 2.28. The number of hydrazine groups is 1. The monoisotopic (exact) mass is 328 g/mol. The number of halogens is 1. The lowest BCUT2D eigenvalue weighted by atomic mass is 10.1. The molecular weight excluding hydrogens is 308 g/mol. The number of para-hydroxylation sites is 1. The second-order valence-corrected chi connectivity index (χ2v) is 6.33. The van der Waals surface area contributed by atoms with Crippen molar-refractivity contribution in [3.05, 3.63) is 64.8 Å². The quantitative estimate of drug-likeness (QED) is 0.784. The average molecular weight is 329 g/mol. The lowest BCUT2D eigenvalue weighted by Gasteiger charge is -2.29. The van der Waals surface area contributed by atoms with E-state index in [1.54, 1.807) is 5.01 Å². The molecule has 1 atom stereocenters. The highest BCUT2D eigenvalue weighted by atomic mass is 35.5. The van der Waals surface area contributed by atoms with Crippen LogP contribution in [0.3, 0.4) is 0 Å². The van der Waals surface area contributed by atoms with Crippen molar-refractivity contribution in [3.63, 3.8) is 0 Å². The number of rotatable bonds is 1. The van der Waals surface area contributed by atoms with Gasteiger partial charge in [-0.2, -0.15) is 0 Å². The molecule has 3 rings (SSSR count). The molecule has 0 saturated heterocycles. The molecule has 0 bridgehead atoms. The Morgan fingerprint density at radius 1 is 1.13 bits per heavy atom. The summed E-state index contributed by atoms with van der Waals surface area (Å²) in [6.45, 7) is 4.74. The van der Waals surface area contributed by atoms with Gasteiger partial charge in [0.1, 0.15) is 0 Å². The van der Waals surface area contributed by atoms with Gasteiger partial charge in [-0.1, -0.05) is 29.8 Å².